The Bertz CT molecular complexity index is 2510. The summed E-state index contributed by atoms with van der Waals surface area (Å²) in [6.45, 7) is 16.9. The summed E-state index contributed by atoms with van der Waals surface area (Å²) in [6.07, 6.45) is -2.25. The second-order valence-electron chi connectivity index (χ2n) is 21.9. The number of rotatable bonds is 20. The molecule has 0 saturated carbocycles. The minimum absolute atomic E-state index is 0.0289. The quantitative estimate of drug-likeness (QED) is 0.0373. The van der Waals surface area contributed by atoms with Crippen LogP contribution in [-0.4, -0.2) is 124 Å². The molecular weight excluding hydrogens is 975 g/mol. The molecule has 0 spiro atoms. The van der Waals surface area contributed by atoms with Crippen molar-refractivity contribution in [2.45, 2.75) is 173 Å². The molecule has 7 amide bonds. The van der Waals surface area contributed by atoms with E-state index in [4.69, 9.17) is 14.2 Å². The van der Waals surface area contributed by atoms with E-state index in [1.165, 1.54) is 4.90 Å². The van der Waals surface area contributed by atoms with E-state index in [9.17, 15) is 43.5 Å². The highest BCUT2D eigenvalue weighted by Gasteiger charge is 2.48. The molecule has 1 aliphatic rings. The Morgan fingerprint density at radius 1 is 0.618 bits per heavy atom. The zero-order valence-electron chi connectivity index (χ0n) is 45.5. The minimum atomic E-state index is -1.77. The van der Waals surface area contributed by atoms with Crippen LogP contribution in [0.5, 0.6) is 0 Å². The van der Waals surface area contributed by atoms with Gasteiger partial charge in [-0.3, -0.25) is 19.2 Å². The standard InChI is InChI=1S/C57H77N7O12/c1-38-37-57(50(69)70,63-53(73)76-56(8,9)10)32-34-64(38)49(68)43(30-20-21-33-58-51(71)74-54(2,3)4)60-46(65)42(31-22-29-39-23-14-11-15-24-39)59-47(66)44(35-40-25-16-12-17-26-40)61-48(67)45(36-41-27-18-13-19-28-41)62-52(72)75-55(5,6)7/h11-19,23-28,38,42-45H,20-21,30-37H2,1-10H3,(H,58,71)(H,59,66)(H,60,65)(H,61,67)(H,62,72)(H,63,73)(H,69,70)/t38?,42-,43-,44-,45-,57?/m1/s1. The van der Waals surface area contributed by atoms with Crippen LogP contribution in [0.3, 0.4) is 0 Å². The van der Waals surface area contributed by atoms with Crippen molar-refractivity contribution in [2.24, 2.45) is 0 Å². The summed E-state index contributed by atoms with van der Waals surface area (Å²) in [4.78, 5) is 111. The van der Waals surface area contributed by atoms with Crippen LogP contribution in [0.1, 0.15) is 124 Å². The molecule has 1 heterocycles. The predicted octanol–water partition coefficient (Wildman–Crippen LogP) is 6.32. The van der Waals surface area contributed by atoms with Crippen molar-refractivity contribution in [3.63, 3.8) is 0 Å². The third-order valence-corrected chi connectivity index (χ3v) is 11.7. The molecule has 76 heavy (non-hydrogen) atoms. The van der Waals surface area contributed by atoms with Crippen molar-refractivity contribution >= 4 is 47.9 Å². The molecule has 0 aliphatic carbocycles. The van der Waals surface area contributed by atoms with E-state index >= 15 is 0 Å². The Morgan fingerprint density at radius 2 is 1.08 bits per heavy atom. The van der Waals surface area contributed by atoms with Crippen LogP contribution in [0.4, 0.5) is 14.4 Å². The first-order valence-corrected chi connectivity index (χ1v) is 25.7. The number of aliphatic carboxylic acids is 1. The number of hydrogen-bond acceptors (Lipinski definition) is 11. The Morgan fingerprint density at radius 3 is 1.59 bits per heavy atom. The fourth-order valence-corrected chi connectivity index (χ4v) is 8.24. The number of benzene rings is 3. The molecule has 1 aliphatic heterocycles. The first-order chi connectivity index (χ1) is 35.6. The summed E-state index contributed by atoms with van der Waals surface area (Å²) in [5.74, 6) is 1.90. The average Bonchev–Trinajstić information content (AvgIpc) is 3.31. The first kappa shape index (κ1) is 60.9. The number of alkyl carbamates (subject to hydrolysis) is 3. The number of carbonyl (C=O) groups excluding carboxylic acids is 7. The minimum Gasteiger partial charge on any atom is -0.480 e. The van der Waals surface area contributed by atoms with Gasteiger partial charge in [-0.05, 0) is 118 Å². The molecule has 3 aromatic carbocycles. The number of likely N-dealkylation sites (tertiary alicyclic amines) is 1. The van der Waals surface area contributed by atoms with E-state index in [0.29, 0.717) is 24.0 Å². The Balaban J connectivity index is 1.67. The maximum absolute atomic E-state index is 14.8. The van der Waals surface area contributed by atoms with E-state index < -0.39 is 100 Å². The maximum Gasteiger partial charge on any atom is 0.408 e. The van der Waals surface area contributed by atoms with Crippen LogP contribution < -0.4 is 31.9 Å². The number of unbranched alkanes of at least 4 members (excludes halogenated alkanes) is 1. The molecule has 19 nitrogen and oxygen atoms in total. The third-order valence-electron chi connectivity index (χ3n) is 11.7. The number of hydrogen-bond donors (Lipinski definition) is 7. The van der Waals surface area contributed by atoms with Crippen LogP contribution in [-0.2, 0) is 51.0 Å². The molecule has 1 fully saturated rings. The van der Waals surface area contributed by atoms with Gasteiger partial charge in [0.15, 0.2) is 0 Å². The molecule has 0 bridgehead atoms. The van der Waals surface area contributed by atoms with Gasteiger partial charge in [0.25, 0.3) is 0 Å². The second-order valence-corrected chi connectivity index (χ2v) is 21.9. The summed E-state index contributed by atoms with van der Waals surface area (Å²) >= 11 is 0. The van der Waals surface area contributed by atoms with Gasteiger partial charge in [-0.2, -0.15) is 0 Å². The summed E-state index contributed by atoms with van der Waals surface area (Å²) < 4.78 is 16.2. The van der Waals surface area contributed by atoms with Crippen molar-refractivity contribution in [2.75, 3.05) is 13.1 Å². The molecule has 19 heteroatoms. The fraction of sp³-hybridized carbons (Fsp3) is 0.509. The van der Waals surface area contributed by atoms with E-state index in [2.05, 4.69) is 43.7 Å². The number of ether oxygens (including phenoxy) is 3. The van der Waals surface area contributed by atoms with Crippen LogP contribution >= 0.6 is 0 Å². The number of amides is 7. The monoisotopic (exact) mass is 1050 g/mol. The van der Waals surface area contributed by atoms with Gasteiger partial charge in [-0.1, -0.05) is 90.7 Å². The van der Waals surface area contributed by atoms with E-state index in [1.54, 1.807) is 148 Å². The fourth-order valence-electron chi connectivity index (χ4n) is 8.24. The Labute approximate surface area is 446 Å². The Hall–Kier alpha value is -7.62. The summed E-state index contributed by atoms with van der Waals surface area (Å²) in [5, 5.41) is 26.8. The van der Waals surface area contributed by atoms with Crippen molar-refractivity contribution in [1.82, 2.24) is 36.8 Å². The van der Waals surface area contributed by atoms with Gasteiger partial charge in [0.1, 0.15) is 46.5 Å². The largest absolute Gasteiger partial charge is 0.480 e. The van der Waals surface area contributed by atoms with Gasteiger partial charge in [0, 0.05) is 50.4 Å². The average molecular weight is 1050 g/mol. The van der Waals surface area contributed by atoms with Crippen molar-refractivity contribution in [3.8, 4) is 11.8 Å². The van der Waals surface area contributed by atoms with Gasteiger partial charge in [-0.25, -0.2) is 19.2 Å². The van der Waals surface area contributed by atoms with Gasteiger partial charge in [0.05, 0.1) is 0 Å². The number of carboxylic acids is 1. The van der Waals surface area contributed by atoms with E-state index in [1.807, 2.05) is 12.1 Å². The van der Waals surface area contributed by atoms with Gasteiger partial charge in [-0.15, -0.1) is 0 Å². The van der Waals surface area contributed by atoms with Gasteiger partial charge >= 0.3 is 24.2 Å². The molecule has 6 atom stereocenters. The molecule has 7 N–H and O–H groups in total. The normalized spacial score (nSPS) is 17.1. The number of piperidine rings is 1. The third kappa shape index (κ3) is 21.3. The maximum atomic E-state index is 14.8. The number of carbonyl (C=O) groups is 8. The highest BCUT2D eigenvalue weighted by atomic mass is 16.6. The van der Waals surface area contributed by atoms with Gasteiger partial charge < -0.3 is 56.1 Å². The highest BCUT2D eigenvalue weighted by molar-refractivity contribution is 5.96. The number of carboxylic acid groups (broad SMARTS) is 1. The van der Waals surface area contributed by atoms with Crippen molar-refractivity contribution in [3.05, 3.63) is 108 Å². The number of nitrogens with one attached hydrogen (secondary N) is 6. The van der Waals surface area contributed by atoms with Crippen LogP contribution in [0.2, 0.25) is 0 Å². The van der Waals surface area contributed by atoms with E-state index in [-0.39, 0.29) is 51.6 Å². The lowest BCUT2D eigenvalue weighted by molar-refractivity contribution is -0.152. The topological polar surface area (TPSA) is 260 Å². The molecule has 1 saturated heterocycles. The smallest absolute Gasteiger partial charge is 0.408 e. The van der Waals surface area contributed by atoms with Crippen molar-refractivity contribution in [1.29, 1.82) is 0 Å². The Kier molecular flexibility index (Phi) is 22.3. The first-order valence-electron chi connectivity index (χ1n) is 25.7. The molecule has 3 aromatic rings. The van der Waals surface area contributed by atoms with Crippen LogP contribution in [0.25, 0.3) is 0 Å². The number of nitrogens with zero attached hydrogens (tertiary/aromatic N) is 1. The predicted molar refractivity (Wildman–Crippen MR) is 285 cm³/mol. The zero-order valence-corrected chi connectivity index (χ0v) is 45.5. The highest BCUT2D eigenvalue weighted by Crippen LogP contribution is 2.29. The molecular formula is C57H77N7O12. The van der Waals surface area contributed by atoms with Gasteiger partial charge in [0.2, 0.25) is 23.6 Å². The lowest BCUT2D eigenvalue weighted by atomic mass is 9.83. The lowest BCUT2D eigenvalue weighted by Gasteiger charge is -2.44. The SMILES string of the molecule is CC1CC(NC(=O)OC(C)(C)C)(C(=O)O)CCN1C(=O)[C@@H](CCCCNC(=O)OC(C)(C)C)NC(=O)[C@@H](CC#Cc1ccccc1)NC(=O)[C@@H](Cc1ccccc1)NC(=O)[C@@H](Cc1ccccc1)NC(=O)OC(C)(C)C. The van der Waals surface area contributed by atoms with Crippen molar-refractivity contribution < 1.29 is 57.7 Å². The second kappa shape index (κ2) is 27.8. The molecule has 2 unspecified atom stereocenters. The summed E-state index contributed by atoms with van der Waals surface area (Å²) in [7, 11) is 0. The van der Waals surface area contributed by atoms with Crippen LogP contribution in [0.15, 0.2) is 91.0 Å². The van der Waals surface area contributed by atoms with E-state index in [0.717, 1.165) is 5.56 Å². The summed E-state index contributed by atoms with van der Waals surface area (Å²) in [6, 6.07) is 21.0. The molecule has 0 aromatic heterocycles. The molecule has 0 radical (unpaired) electrons. The van der Waals surface area contributed by atoms with Crippen LogP contribution in [0, 0.1) is 11.8 Å². The molecule has 4 rings (SSSR count). The lowest BCUT2D eigenvalue weighted by Crippen LogP contribution is -2.65. The molecule has 412 valence electrons. The summed E-state index contributed by atoms with van der Waals surface area (Å²) in [5.41, 5.74) is -2.26. The zero-order chi connectivity index (χ0) is 56.3.